The van der Waals surface area contributed by atoms with Crippen LogP contribution in [0.2, 0.25) is 0 Å². The predicted octanol–water partition coefficient (Wildman–Crippen LogP) is 3.53. The van der Waals surface area contributed by atoms with E-state index in [0.29, 0.717) is 11.4 Å². The minimum Gasteiger partial charge on any atom is -0.319 e. The number of rotatable bonds is 4. The average Bonchev–Trinajstić information content (AvgIpc) is 2.97. The van der Waals surface area contributed by atoms with E-state index in [0.717, 1.165) is 16.9 Å². The summed E-state index contributed by atoms with van der Waals surface area (Å²) in [5.74, 6) is -0.596. The van der Waals surface area contributed by atoms with E-state index in [4.69, 9.17) is 5.73 Å². The molecule has 2 heterocycles. The molecule has 0 spiro atoms. The van der Waals surface area contributed by atoms with Crippen molar-refractivity contribution in [2.45, 2.75) is 25.8 Å². The Morgan fingerprint density at radius 3 is 2.69 bits per heavy atom. The number of aromatic nitrogens is 2. The zero-order valence-electron chi connectivity index (χ0n) is 14.7. The third-order valence-corrected chi connectivity index (χ3v) is 4.45. The first-order valence-electron chi connectivity index (χ1n) is 8.34. The number of amides is 1. The molecular formula is C20H21FN4O. The van der Waals surface area contributed by atoms with E-state index in [1.54, 1.807) is 17.7 Å². The molecule has 0 aliphatic carbocycles. The Balaban J connectivity index is 2.10. The van der Waals surface area contributed by atoms with Crippen LogP contribution in [-0.2, 0) is 4.79 Å². The number of benzene rings is 1. The smallest absolute Gasteiger partial charge is 0.243 e. The molecule has 0 bridgehead atoms. The van der Waals surface area contributed by atoms with Crippen LogP contribution < -0.4 is 11.1 Å². The van der Waals surface area contributed by atoms with Crippen LogP contribution in [0.4, 0.5) is 10.2 Å². The minimum atomic E-state index is -0.819. The summed E-state index contributed by atoms with van der Waals surface area (Å²) in [6.07, 6.45) is 4.22. The fraction of sp³-hybridized carbons (Fsp3) is 0.200. The van der Waals surface area contributed by atoms with Crippen molar-refractivity contribution in [3.05, 3.63) is 77.8 Å². The number of nitrogens with one attached hydrogen (secondary N) is 1. The van der Waals surface area contributed by atoms with Gasteiger partial charge in [-0.25, -0.2) is 9.07 Å². The lowest BCUT2D eigenvalue weighted by Crippen LogP contribution is -2.45. The highest BCUT2D eigenvalue weighted by Crippen LogP contribution is 2.39. The molecule has 3 rings (SSSR count). The normalized spacial score (nSPS) is 20.2. The highest BCUT2D eigenvalue weighted by atomic mass is 19.1. The standard InChI is InChI=1S/C20H21FN4O/c1-4-14(21)11-10-12(2)16-17-13(3)24-25(15-8-6-5-7-9-15)19(17)23-20(26)18(16)22/h4-11,16,18H,2,22H2,1,3H3,(H,23,26)/b11-10-,14-4+/t16-,18-/m0/s1. The van der Waals surface area contributed by atoms with Crippen LogP contribution in [0.25, 0.3) is 5.69 Å². The Morgan fingerprint density at radius 1 is 1.35 bits per heavy atom. The van der Waals surface area contributed by atoms with E-state index < -0.39 is 12.0 Å². The number of allylic oxidation sites excluding steroid dienone is 4. The lowest BCUT2D eigenvalue weighted by molar-refractivity contribution is -0.118. The first-order chi connectivity index (χ1) is 12.4. The molecule has 0 fully saturated rings. The van der Waals surface area contributed by atoms with E-state index in [-0.39, 0.29) is 11.7 Å². The number of hydrogen-bond donors (Lipinski definition) is 2. The molecule has 134 valence electrons. The topological polar surface area (TPSA) is 72.9 Å². The van der Waals surface area contributed by atoms with Gasteiger partial charge in [0.2, 0.25) is 5.91 Å². The van der Waals surface area contributed by atoms with Crippen LogP contribution in [0.5, 0.6) is 0 Å². The molecule has 1 aromatic heterocycles. The van der Waals surface area contributed by atoms with Gasteiger partial charge in [0.25, 0.3) is 0 Å². The SMILES string of the molecule is C=C(/C=C\C(F)=C/C)[C@H]1c2c(C)nn(-c3ccccc3)c2NC(=O)[C@H]1N. The Labute approximate surface area is 151 Å². The fourth-order valence-corrected chi connectivity index (χ4v) is 3.12. The molecule has 1 aliphatic heterocycles. The number of hydrogen-bond acceptors (Lipinski definition) is 3. The average molecular weight is 352 g/mol. The van der Waals surface area contributed by atoms with Gasteiger partial charge in [0, 0.05) is 11.5 Å². The third kappa shape index (κ3) is 3.11. The molecule has 1 amide bonds. The van der Waals surface area contributed by atoms with Gasteiger partial charge >= 0.3 is 0 Å². The van der Waals surface area contributed by atoms with Crippen LogP contribution >= 0.6 is 0 Å². The molecule has 26 heavy (non-hydrogen) atoms. The summed E-state index contributed by atoms with van der Waals surface area (Å²) in [7, 11) is 0. The van der Waals surface area contributed by atoms with Crippen LogP contribution in [0.1, 0.15) is 24.1 Å². The number of para-hydroxylation sites is 1. The van der Waals surface area contributed by atoms with Crippen molar-refractivity contribution in [2.75, 3.05) is 5.32 Å². The van der Waals surface area contributed by atoms with Gasteiger partial charge in [0.1, 0.15) is 11.6 Å². The molecule has 0 saturated heterocycles. The van der Waals surface area contributed by atoms with Crippen molar-refractivity contribution >= 4 is 11.7 Å². The maximum absolute atomic E-state index is 13.4. The summed E-state index contributed by atoms with van der Waals surface area (Å²) in [5, 5.41) is 7.42. The summed E-state index contributed by atoms with van der Waals surface area (Å²) in [4.78, 5) is 12.4. The summed E-state index contributed by atoms with van der Waals surface area (Å²) >= 11 is 0. The molecule has 1 aromatic carbocycles. The van der Waals surface area contributed by atoms with E-state index in [2.05, 4.69) is 17.0 Å². The number of anilines is 1. The van der Waals surface area contributed by atoms with Crippen molar-refractivity contribution in [3.8, 4) is 5.69 Å². The summed E-state index contributed by atoms with van der Waals surface area (Å²) < 4.78 is 15.1. The molecule has 0 saturated carbocycles. The number of carbonyl (C=O) groups excluding carboxylic acids is 1. The van der Waals surface area contributed by atoms with Gasteiger partial charge in [-0.2, -0.15) is 5.10 Å². The Hall–Kier alpha value is -2.99. The maximum Gasteiger partial charge on any atom is 0.243 e. The number of halogens is 1. The van der Waals surface area contributed by atoms with Gasteiger partial charge in [-0.15, -0.1) is 0 Å². The van der Waals surface area contributed by atoms with Crippen molar-refractivity contribution < 1.29 is 9.18 Å². The van der Waals surface area contributed by atoms with Crippen molar-refractivity contribution in [1.82, 2.24) is 9.78 Å². The second kappa shape index (κ2) is 7.09. The number of fused-ring (bicyclic) bond motifs is 1. The van der Waals surface area contributed by atoms with E-state index in [9.17, 15) is 9.18 Å². The predicted molar refractivity (Wildman–Crippen MR) is 101 cm³/mol. The Morgan fingerprint density at radius 2 is 2.04 bits per heavy atom. The quantitative estimate of drug-likeness (QED) is 0.827. The van der Waals surface area contributed by atoms with Gasteiger partial charge in [0.15, 0.2) is 0 Å². The van der Waals surface area contributed by atoms with Gasteiger partial charge in [-0.3, -0.25) is 4.79 Å². The van der Waals surface area contributed by atoms with Crippen molar-refractivity contribution in [1.29, 1.82) is 0 Å². The molecular weight excluding hydrogens is 331 g/mol. The first kappa shape index (κ1) is 17.8. The largest absolute Gasteiger partial charge is 0.319 e. The number of carbonyl (C=O) groups is 1. The minimum absolute atomic E-state index is 0.319. The second-order valence-electron chi connectivity index (χ2n) is 6.17. The highest BCUT2D eigenvalue weighted by Gasteiger charge is 2.38. The monoisotopic (exact) mass is 352 g/mol. The summed E-state index contributed by atoms with van der Waals surface area (Å²) in [5.41, 5.74) is 9.07. The van der Waals surface area contributed by atoms with Crippen molar-refractivity contribution in [3.63, 3.8) is 0 Å². The van der Waals surface area contributed by atoms with Crippen LogP contribution in [0.15, 0.2) is 66.5 Å². The number of nitrogens with two attached hydrogens (primary N) is 1. The molecule has 5 nitrogen and oxygen atoms in total. The van der Waals surface area contributed by atoms with Crippen LogP contribution in [-0.4, -0.2) is 21.7 Å². The fourth-order valence-electron chi connectivity index (χ4n) is 3.12. The molecule has 2 aromatic rings. The maximum atomic E-state index is 13.4. The zero-order valence-corrected chi connectivity index (χ0v) is 14.7. The molecule has 3 N–H and O–H groups in total. The van der Waals surface area contributed by atoms with E-state index in [1.165, 1.54) is 12.2 Å². The highest BCUT2D eigenvalue weighted by molar-refractivity contribution is 5.99. The zero-order chi connectivity index (χ0) is 18.8. The molecule has 2 atom stereocenters. The van der Waals surface area contributed by atoms with Gasteiger partial charge in [-0.05, 0) is 37.6 Å². The number of aryl methyl sites for hydroxylation is 1. The van der Waals surface area contributed by atoms with Gasteiger partial charge in [-0.1, -0.05) is 36.9 Å². The Bertz CT molecular complexity index is 911. The molecule has 1 aliphatic rings. The van der Waals surface area contributed by atoms with Crippen molar-refractivity contribution in [2.24, 2.45) is 5.73 Å². The van der Waals surface area contributed by atoms with E-state index >= 15 is 0 Å². The molecule has 0 unspecified atom stereocenters. The second-order valence-corrected chi connectivity index (χ2v) is 6.17. The summed E-state index contributed by atoms with van der Waals surface area (Å²) in [6, 6.07) is 8.69. The molecule has 6 heteroatoms. The Kier molecular flexibility index (Phi) is 4.86. The number of nitrogens with zero attached hydrogens (tertiary/aromatic N) is 2. The first-order valence-corrected chi connectivity index (χ1v) is 8.34. The van der Waals surface area contributed by atoms with Gasteiger partial charge in [0.05, 0.1) is 17.4 Å². The lowest BCUT2D eigenvalue weighted by Gasteiger charge is -2.30. The van der Waals surface area contributed by atoms with Crippen LogP contribution in [0, 0.1) is 6.92 Å². The summed E-state index contributed by atoms with van der Waals surface area (Å²) in [6.45, 7) is 7.48. The van der Waals surface area contributed by atoms with Crippen LogP contribution in [0.3, 0.4) is 0 Å². The lowest BCUT2D eigenvalue weighted by atomic mass is 9.82. The van der Waals surface area contributed by atoms with E-state index in [1.807, 2.05) is 37.3 Å². The third-order valence-electron chi connectivity index (χ3n) is 4.45. The van der Waals surface area contributed by atoms with Gasteiger partial charge < -0.3 is 11.1 Å². The molecule has 0 radical (unpaired) electrons.